The van der Waals surface area contributed by atoms with Crippen molar-refractivity contribution in [3.05, 3.63) is 93.1 Å². The number of hydrogen-bond donors (Lipinski definition) is 2. The van der Waals surface area contributed by atoms with E-state index in [9.17, 15) is 28.8 Å². The van der Waals surface area contributed by atoms with E-state index in [4.69, 9.17) is 63.7 Å². The zero-order valence-electron chi connectivity index (χ0n) is 53.4. The van der Waals surface area contributed by atoms with Crippen LogP contribution in [0.2, 0.25) is 5.02 Å². The first-order chi connectivity index (χ1) is 45.2. The summed E-state index contributed by atoms with van der Waals surface area (Å²) in [4.78, 5) is 92.9. The minimum absolute atomic E-state index is 0.00729. The number of nitrogens with one attached hydrogen (secondary N) is 2. The van der Waals surface area contributed by atoms with E-state index in [2.05, 4.69) is 26.3 Å². The summed E-state index contributed by atoms with van der Waals surface area (Å²) in [6.45, 7) is 7.33. The molecule has 7 heterocycles. The third-order valence-corrected chi connectivity index (χ3v) is 19.8. The standard InChI is InChI=1S/C68H81ClN6O17S/c1-39-29-42(69)33-50(48-11-17-70-52-35-45(93-66(48)52)38-75-59(78)9-10-60(75)79)63(39)91-43-12-19-73(20-13-43)58(77)16-22-87-25-27-89-28-26-88-24-18-71-57(76)15-23-90-44-7-8-46-47-14-21-74-37-41-32-56(92-67(80)40-30-54(82-2)64(84-4)55(31-40)83-3)65(85-5)61(68(81)86-6)49(41)36-53(74)62(47)72-51(46)34-44/h7-8,11,17,29-31,33-35,41,43,49,53,56,61,65,72H,9-10,12-16,18-28,32,36-38H2,1-6H3,(H,71,76)/t41-,49+,53-,56-,61+,65+/m1/s1. The molecule has 1 aliphatic carbocycles. The third-order valence-electron chi connectivity index (χ3n) is 18.4. The quantitative estimate of drug-likeness (QED) is 0.0265. The molecular weight excluding hydrogens is 1240 g/mol. The Kier molecular flexibility index (Phi) is 22.0. The van der Waals surface area contributed by atoms with Crippen LogP contribution in [0.4, 0.5) is 0 Å². The molecule has 5 aliphatic rings. The van der Waals surface area contributed by atoms with Crippen molar-refractivity contribution in [2.75, 3.05) is 115 Å². The lowest BCUT2D eigenvalue weighted by Crippen LogP contribution is -2.58. The average Bonchev–Trinajstić information content (AvgIpc) is 1.74. The number of halogens is 1. The Morgan fingerprint density at radius 2 is 1.51 bits per heavy atom. The van der Waals surface area contributed by atoms with Gasteiger partial charge in [0, 0.05) is 115 Å². The number of benzene rings is 3. The predicted octanol–water partition coefficient (Wildman–Crippen LogP) is 8.45. The van der Waals surface area contributed by atoms with Crippen LogP contribution in [0.3, 0.4) is 0 Å². The number of rotatable bonds is 28. The number of carbonyl (C=O) groups is 6. The van der Waals surface area contributed by atoms with Gasteiger partial charge in [-0.1, -0.05) is 11.6 Å². The number of aromatic nitrogens is 2. The Bertz CT molecular complexity index is 3660. The number of imide groups is 1. The largest absolute Gasteiger partial charge is 0.493 e. The minimum Gasteiger partial charge on any atom is -0.493 e. The molecule has 3 aromatic heterocycles. The number of nitrogens with zero attached hydrogens (tertiary/aromatic N) is 4. The number of aryl methyl sites for hydroxylation is 1. The van der Waals surface area contributed by atoms with Gasteiger partial charge in [-0.25, -0.2) is 4.79 Å². The summed E-state index contributed by atoms with van der Waals surface area (Å²) in [6.07, 6.45) is 4.38. The molecule has 3 aromatic carbocycles. The van der Waals surface area contributed by atoms with Gasteiger partial charge >= 0.3 is 11.9 Å². The Morgan fingerprint density at radius 1 is 0.774 bits per heavy atom. The van der Waals surface area contributed by atoms with E-state index in [0.29, 0.717) is 113 Å². The van der Waals surface area contributed by atoms with E-state index in [0.717, 1.165) is 67.1 Å². The molecule has 2 N–H and O–H groups in total. The molecule has 6 aromatic rings. The third kappa shape index (κ3) is 15.2. The van der Waals surface area contributed by atoms with Gasteiger partial charge in [-0.2, -0.15) is 0 Å². The maximum Gasteiger partial charge on any atom is 0.338 e. The van der Waals surface area contributed by atoms with Crippen LogP contribution in [0.25, 0.3) is 32.2 Å². The first kappa shape index (κ1) is 66.9. The molecule has 0 bridgehead atoms. The number of piperidine rings is 2. The van der Waals surface area contributed by atoms with E-state index in [1.54, 1.807) is 18.3 Å². The first-order valence-corrected chi connectivity index (χ1v) is 32.9. The van der Waals surface area contributed by atoms with Crippen molar-refractivity contribution < 1.29 is 80.9 Å². The second-order valence-corrected chi connectivity index (χ2v) is 25.6. The van der Waals surface area contributed by atoms with Crippen molar-refractivity contribution in [3.63, 3.8) is 0 Å². The summed E-state index contributed by atoms with van der Waals surface area (Å²) in [6, 6.07) is 16.7. The van der Waals surface area contributed by atoms with Gasteiger partial charge in [-0.05, 0) is 97.7 Å². The topological polar surface area (TPSA) is 254 Å². The molecule has 4 amide bonds. The fraction of sp³-hybridized carbons (Fsp3) is 0.515. The molecule has 11 rings (SSSR count). The highest BCUT2D eigenvalue weighted by atomic mass is 35.5. The number of hydrogen-bond acceptors (Lipinski definition) is 20. The van der Waals surface area contributed by atoms with Crippen molar-refractivity contribution in [2.24, 2.45) is 17.8 Å². The summed E-state index contributed by atoms with van der Waals surface area (Å²) in [5, 5.41) is 4.56. The van der Waals surface area contributed by atoms with Gasteiger partial charge in [0.1, 0.15) is 29.8 Å². The van der Waals surface area contributed by atoms with Crippen molar-refractivity contribution >= 4 is 79.6 Å². The molecular formula is C68H81ClN6O17S. The van der Waals surface area contributed by atoms with Gasteiger partial charge in [0.05, 0.1) is 122 Å². The predicted molar refractivity (Wildman–Crippen MR) is 344 cm³/mol. The van der Waals surface area contributed by atoms with Gasteiger partial charge in [0.2, 0.25) is 29.4 Å². The van der Waals surface area contributed by atoms with Crippen LogP contribution in [-0.2, 0) is 65.4 Å². The summed E-state index contributed by atoms with van der Waals surface area (Å²) >= 11 is 8.13. The molecule has 25 heteroatoms. The summed E-state index contributed by atoms with van der Waals surface area (Å²) in [5.74, 6) is 0.106. The SMILES string of the molecule is COC(=O)[C@H]1[C@H]2C[C@@H]3c4[nH]c5cc(OCCC(=O)NCCOCCOCCOCCC(=O)N6CCC(Oc7c(C)cc(Cl)cc7-c7ccnc8cc(CN9C(=O)CCC9=O)sc78)CC6)ccc5c4CCN3C[C@H]2C[C@@H](OC(=O)c2cc(OC)c(OC)c(OC)c2)[C@@H]1OC. The number of esters is 2. The normalized spacial score (nSPS) is 20.7. The monoisotopic (exact) mass is 1320 g/mol. The number of fused-ring (bicyclic) bond motifs is 7. The van der Waals surface area contributed by atoms with Crippen LogP contribution < -0.4 is 29.0 Å². The Hall–Kier alpha value is -7.58. The van der Waals surface area contributed by atoms with Crippen molar-refractivity contribution in [3.8, 4) is 39.9 Å². The fourth-order valence-corrected chi connectivity index (χ4v) is 15.3. The lowest BCUT2D eigenvalue weighted by Gasteiger charge is -2.52. The molecule has 1 saturated carbocycles. The van der Waals surface area contributed by atoms with Crippen LogP contribution in [0.15, 0.2) is 60.8 Å². The molecule has 0 unspecified atom stereocenters. The highest BCUT2D eigenvalue weighted by Crippen LogP contribution is 2.51. The zero-order valence-corrected chi connectivity index (χ0v) is 55.0. The van der Waals surface area contributed by atoms with Crippen LogP contribution in [0, 0.1) is 24.7 Å². The molecule has 0 radical (unpaired) electrons. The Labute approximate surface area is 548 Å². The molecule has 6 atom stereocenters. The number of aromatic amines is 1. The molecule has 4 fully saturated rings. The summed E-state index contributed by atoms with van der Waals surface area (Å²) in [7, 11) is 7.35. The summed E-state index contributed by atoms with van der Waals surface area (Å²) < 4.78 is 64.8. The van der Waals surface area contributed by atoms with Gasteiger partial charge < -0.3 is 67.3 Å². The number of carbonyl (C=O) groups excluding carboxylic acids is 6. The van der Waals surface area contributed by atoms with Crippen molar-refractivity contribution in [2.45, 2.75) is 95.6 Å². The van der Waals surface area contributed by atoms with Crippen molar-refractivity contribution in [1.82, 2.24) is 30.0 Å². The first-order valence-electron chi connectivity index (χ1n) is 31.8. The molecule has 498 valence electrons. The van der Waals surface area contributed by atoms with Gasteiger partial charge in [-0.3, -0.25) is 38.8 Å². The minimum atomic E-state index is -0.746. The Balaban J connectivity index is 0.554. The molecule has 93 heavy (non-hydrogen) atoms. The molecule has 4 aliphatic heterocycles. The van der Waals surface area contributed by atoms with E-state index in [-0.39, 0.29) is 98.6 Å². The van der Waals surface area contributed by atoms with E-state index in [1.807, 2.05) is 48.2 Å². The highest BCUT2D eigenvalue weighted by molar-refractivity contribution is 7.19. The van der Waals surface area contributed by atoms with Crippen LogP contribution in [-0.4, -0.2) is 193 Å². The fourth-order valence-electron chi connectivity index (χ4n) is 13.9. The molecule has 3 saturated heterocycles. The number of amides is 4. The number of likely N-dealkylation sites (tertiary alicyclic amines) is 2. The van der Waals surface area contributed by atoms with E-state index >= 15 is 0 Å². The average molecular weight is 1320 g/mol. The number of H-pyrrole nitrogens is 1. The number of pyridine rings is 1. The van der Waals surface area contributed by atoms with Crippen LogP contribution in [0.5, 0.6) is 28.7 Å². The van der Waals surface area contributed by atoms with Crippen LogP contribution >= 0.6 is 22.9 Å². The maximum atomic E-state index is 13.8. The molecule has 23 nitrogen and oxygen atoms in total. The summed E-state index contributed by atoms with van der Waals surface area (Å²) in [5.41, 5.74) is 6.88. The van der Waals surface area contributed by atoms with Gasteiger partial charge in [-0.15, -0.1) is 11.3 Å². The number of methoxy groups -OCH3 is 5. The lowest BCUT2D eigenvalue weighted by atomic mass is 9.63. The van der Waals surface area contributed by atoms with Crippen molar-refractivity contribution in [1.29, 1.82) is 0 Å². The lowest BCUT2D eigenvalue weighted by molar-refractivity contribution is -0.176. The maximum absolute atomic E-state index is 13.8. The molecule has 0 spiro atoms. The van der Waals surface area contributed by atoms with Gasteiger partial charge in [0.15, 0.2) is 11.5 Å². The highest BCUT2D eigenvalue weighted by Gasteiger charge is 2.55. The van der Waals surface area contributed by atoms with E-state index in [1.165, 1.54) is 57.3 Å². The van der Waals surface area contributed by atoms with Crippen LogP contribution in [0.1, 0.15) is 89.5 Å². The van der Waals surface area contributed by atoms with Gasteiger partial charge in [0.25, 0.3) is 0 Å². The number of ether oxygens (including phenoxy) is 11. The zero-order chi connectivity index (χ0) is 65.3. The smallest absolute Gasteiger partial charge is 0.338 e. The van der Waals surface area contributed by atoms with E-state index < -0.39 is 30.1 Å². The second kappa shape index (κ2) is 30.7. The number of thiophene rings is 1. The Morgan fingerprint density at radius 3 is 2.22 bits per heavy atom. The second-order valence-electron chi connectivity index (χ2n) is 24.0.